The van der Waals surface area contributed by atoms with Crippen LogP contribution in [0.5, 0.6) is 0 Å². The van der Waals surface area contributed by atoms with Crippen LogP contribution in [0.4, 0.5) is 0 Å². The highest BCUT2D eigenvalue weighted by atomic mass is 16.4. The molecule has 1 unspecified atom stereocenters. The van der Waals surface area contributed by atoms with Gasteiger partial charge < -0.3 is 5.11 Å². The Hall–Kier alpha value is -1.86. The monoisotopic (exact) mass is 260 g/mol. The predicted molar refractivity (Wildman–Crippen MR) is 73.6 cm³/mol. The smallest absolute Gasteiger partial charge is 0.307 e. The van der Waals surface area contributed by atoms with E-state index in [4.69, 9.17) is 10.4 Å². The first kappa shape index (κ1) is 15.2. The fraction of sp³-hybridized carbons (Fsp3) is 0.467. The second-order valence-electron chi connectivity index (χ2n) is 4.82. The Kier molecular flexibility index (Phi) is 5.53. The fourth-order valence-corrected chi connectivity index (χ4v) is 1.95. The van der Waals surface area contributed by atoms with Gasteiger partial charge in [0.2, 0.25) is 0 Å². The molecule has 4 nitrogen and oxygen atoms in total. The number of nitrogens with zero attached hydrogens (tertiary/aromatic N) is 2. The summed E-state index contributed by atoms with van der Waals surface area (Å²) < 4.78 is 0. The summed E-state index contributed by atoms with van der Waals surface area (Å²) in [6, 6.07) is 7.73. The zero-order chi connectivity index (χ0) is 14.4. The molecule has 1 aromatic carbocycles. The molecule has 0 aliphatic carbocycles. The maximum Gasteiger partial charge on any atom is 0.307 e. The van der Waals surface area contributed by atoms with Gasteiger partial charge in [-0.2, -0.15) is 5.26 Å². The van der Waals surface area contributed by atoms with Crippen LogP contribution in [-0.4, -0.2) is 29.1 Å². The number of rotatable bonds is 6. The highest BCUT2D eigenvalue weighted by Gasteiger charge is 2.15. The zero-order valence-corrected chi connectivity index (χ0v) is 11.7. The van der Waals surface area contributed by atoms with E-state index in [1.165, 1.54) is 0 Å². The van der Waals surface area contributed by atoms with E-state index in [9.17, 15) is 4.79 Å². The summed E-state index contributed by atoms with van der Waals surface area (Å²) in [4.78, 5) is 13.0. The van der Waals surface area contributed by atoms with Crippen molar-refractivity contribution >= 4 is 5.97 Å². The Bertz CT molecular complexity index is 491. The lowest BCUT2D eigenvalue weighted by molar-refractivity contribution is -0.141. The van der Waals surface area contributed by atoms with E-state index in [0.29, 0.717) is 18.7 Å². The SMILES string of the molecule is CCN(Cc1ccc(C#N)cc1C)CC(C)C(=O)O. The van der Waals surface area contributed by atoms with Gasteiger partial charge in [-0.25, -0.2) is 0 Å². The average Bonchev–Trinajstić information content (AvgIpc) is 2.39. The third-order valence-corrected chi connectivity index (χ3v) is 3.27. The number of carboxylic acids is 1. The van der Waals surface area contributed by atoms with Crippen molar-refractivity contribution in [1.82, 2.24) is 4.90 Å². The van der Waals surface area contributed by atoms with Gasteiger partial charge in [0.1, 0.15) is 0 Å². The number of carboxylic acid groups (broad SMARTS) is 1. The molecule has 1 aromatic rings. The van der Waals surface area contributed by atoms with Crippen molar-refractivity contribution in [2.75, 3.05) is 13.1 Å². The molecule has 1 atom stereocenters. The highest BCUT2D eigenvalue weighted by molar-refractivity contribution is 5.69. The number of hydrogen-bond donors (Lipinski definition) is 1. The summed E-state index contributed by atoms with van der Waals surface area (Å²) in [6.45, 7) is 7.77. The first-order valence-electron chi connectivity index (χ1n) is 6.42. The largest absolute Gasteiger partial charge is 0.481 e. The maximum atomic E-state index is 10.9. The van der Waals surface area contributed by atoms with Gasteiger partial charge in [-0.3, -0.25) is 9.69 Å². The molecule has 0 radical (unpaired) electrons. The van der Waals surface area contributed by atoms with E-state index in [1.54, 1.807) is 13.0 Å². The van der Waals surface area contributed by atoms with E-state index >= 15 is 0 Å². The standard InChI is InChI=1S/C15H20N2O2/c1-4-17(9-12(3)15(18)19)10-14-6-5-13(8-16)7-11(14)2/h5-7,12H,4,9-10H2,1-3H3,(H,18,19). The number of aliphatic carboxylic acids is 1. The van der Waals surface area contributed by atoms with Crippen LogP contribution in [0.15, 0.2) is 18.2 Å². The molecule has 0 heterocycles. The van der Waals surface area contributed by atoms with Gasteiger partial charge in [-0.05, 0) is 36.7 Å². The van der Waals surface area contributed by atoms with Gasteiger partial charge >= 0.3 is 5.97 Å². The Morgan fingerprint density at radius 3 is 2.68 bits per heavy atom. The number of nitriles is 1. The van der Waals surface area contributed by atoms with E-state index in [1.807, 2.05) is 26.0 Å². The second kappa shape index (κ2) is 6.91. The molecule has 0 fully saturated rings. The molecule has 1 rings (SSSR count). The number of aryl methyl sites for hydroxylation is 1. The van der Waals surface area contributed by atoms with Crippen LogP contribution >= 0.6 is 0 Å². The number of benzene rings is 1. The summed E-state index contributed by atoms with van der Waals surface area (Å²) in [5.41, 5.74) is 2.86. The van der Waals surface area contributed by atoms with Crippen LogP contribution in [-0.2, 0) is 11.3 Å². The lowest BCUT2D eigenvalue weighted by atomic mass is 10.0. The first-order valence-corrected chi connectivity index (χ1v) is 6.42. The molecular weight excluding hydrogens is 240 g/mol. The minimum Gasteiger partial charge on any atom is -0.481 e. The highest BCUT2D eigenvalue weighted by Crippen LogP contribution is 2.14. The topological polar surface area (TPSA) is 64.3 Å². The summed E-state index contributed by atoms with van der Waals surface area (Å²) in [6.07, 6.45) is 0. The third-order valence-electron chi connectivity index (χ3n) is 3.27. The Balaban J connectivity index is 2.76. The molecule has 0 bridgehead atoms. The van der Waals surface area contributed by atoms with Crippen molar-refractivity contribution in [2.24, 2.45) is 5.92 Å². The molecule has 102 valence electrons. The molecular formula is C15H20N2O2. The van der Waals surface area contributed by atoms with Crippen molar-refractivity contribution in [2.45, 2.75) is 27.3 Å². The summed E-state index contributed by atoms with van der Waals surface area (Å²) in [5, 5.41) is 17.8. The Morgan fingerprint density at radius 1 is 1.53 bits per heavy atom. The lowest BCUT2D eigenvalue weighted by Gasteiger charge is -2.23. The number of hydrogen-bond acceptors (Lipinski definition) is 3. The van der Waals surface area contributed by atoms with Crippen LogP contribution in [0.1, 0.15) is 30.5 Å². The molecule has 0 saturated carbocycles. The molecule has 0 aromatic heterocycles. The molecule has 0 saturated heterocycles. The van der Waals surface area contributed by atoms with Gasteiger partial charge in [-0.15, -0.1) is 0 Å². The average molecular weight is 260 g/mol. The molecule has 19 heavy (non-hydrogen) atoms. The normalized spacial score (nSPS) is 12.2. The van der Waals surface area contributed by atoms with Crippen LogP contribution in [0, 0.1) is 24.2 Å². The number of carbonyl (C=O) groups is 1. The van der Waals surface area contributed by atoms with E-state index in [-0.39, 0.29) is 5.92 Å². The van der Waals surface area contributed by atoms with Crippen LogP contribution in [0.2, 0.25) is 0 Å². The van der Waals surface area contributed by atoms with Crippen LogP contribution < -0.4 is 0 Å². The molecule has 0 spiro atoms. The van der Waals surface area contributed by atoms with Crippen molar-refractivity contribution in [1.29, 1.82) is 5.26 Å². The van der Waals surface area contributed by atoms with Gasteiger partial charge in [0.05, 0.1) is 17.6 Å². The van der Waals surface area contributed by atoms with Gasteiger partial charge in [0, 0.05) is 13.1 Å². The van der Waals surface area contributed by atoms with Gasteiger partial charge in [-0.1, -0.05) is 19.9 Å². The van der Waals surface area contributed by atoms with Crippen LogP contribution in [0.25, 0.3) is 0 Å². The predicted octanol–water partition coefficient (Wildman–Crippen LogP) is 2.41. The maximum absolute atomic E-state index is 10.9. The minimum absolute atomic E-state index is 0.376. The quantitative estimate of drug-likeness (QED) is 0.853. The minimum atomic E-state index is -0.769. The lowest BCUT2D eigenvalue weighted by Crippen LogP contribution is -2.31. The van der Waals surface area contributed by atoms with Crippen molar-refractivity contribution < 1.29 is 9.90 Å². The Morgan fingerprint density at radius 2 is 2.21 bits per heavy atom. The Labute approximate surface area is 114 Å². The molecule has 0 aliphatic rings. The third kappa shape index (κ3) is 4.38. The molecule has 4 heteroatoms. The first-order chi connectivity index (χ1) is 8.97. The van der Waals surface area contributed by atoms with E-state index in [0.717, 1.165) is 17.7 Å². The summed E-state index contributed by atoms with van der Waals surface area (Å²) in [5.74, 6) is -1.14. The van der Waals surface area contributed by atoms with Gasteiger partial charge in [0.15, 0.2) is 0 Å². The van der Waals surface area contributed by atoms with Crippen LogP contribution in [0.3, 0.4) is 0 Å². The van der Waals surface area contributed by atoms with Crippen molar-refractivity contribution in [3.8, 4) is 6.07 Å². The van der Waals surface area contributed by atoms with Crippen molar-refractivity contribution in [3.63, 3.8) is 0 Å². The van der Waals surface area contributed by atoms with E-state index < -0.39 is 5.97 Å². The molecule has 1 N–H and O–H groups in total. The second-order valence-corrected chi connectivity index (χ2v) is 4.82. The molecule has 0 aliphatic heterocycles. The molecule has 0 amide bonds. The summed E-state index contributed by atoms with van der Waals surface area (Å²) in [7, 11) is 0. The summed E-state index contributed by atoms with van der Waals surface area (Å²) >= 11 is 0. The zero-order valence-electron chi connectivity index (χ0n) is 11.7. The van der Waals surface area contributed by atoms with Crippen molar-refractivity contribution in [3.05, 3.63) is 34.9 Å². The van der Waals surface area contributed by atoms with E-state index in [2.05, 4.69) is 11.0 Å². The fourth-order valence-electron chi connectivity index (χ4n) is 1.95. The van der Waals surface area contributed by atoms with Gasteiger partial charge in [0.25, 0.3) is 0 Å².